The van der Waals surface area contributed by atoms with Crippen molar-refractivity contribution in [2.45, 2.75) is 0 Å². The van der Waals surface area contributed by atoms with Crippen LogP contribution in [0.3, 0.4) is 0 Å². The lowest BCUT2D eigenvalue weighted by Gasteiger charge is -2.12. The Hall–Kier alpha value is -7.89. The lowest BCUT2D eigenvalue weighted by atomic mass is 10.0. The van der Waals surface area contributed by atoms with Crippen molar-refractivity contribution in [3.8, 4) is 45.5 Å². The average molecular weight is 740 g/mol. The van der Waals surface area contributed by atoms with Crippen LogP contribution < -0.4 is 0 Å². The van der Waals surface area contributed by atoms with Gasteiger partial charge in [0.1, 0.15) is 0 Å². The monoisotopic (exact) mass is 739 g/mol. The highest BCUT2D eigenvalue weighted by Gasteiger charge is 2.21. The summed E-state index contributed by atoms with van der Waals surface area (Å²) in [6, 6.07) is 70.9. The third kappa shape index (κ3) is 5.00. The molecule has 0 N–H and O–H groups in total. The fraction of sp³-hybridized carbons (Fsp3) is 0. The van der Waals surface area contributed by atoms with Crippen molar-refractivity contribution in [2.75, 3.05) is 0 Å². The summed E-state index contributed by atoms with van der Waals surface area (Å²) in [6.45, 7) is 0. The SMILES string of the molecule is c1ccc(-n2c3ccccc3c3c(-c4nc(-c5ccc(-n6c7ccccc7c7cc8ccccc8cc76)cc5)nc(-c5cccc6ccccc56)n4)cccc32)cc1. The summed E-state index contributed by atoms with van der Waals surface area (Å²) in [6.07, 6.45) is 0. The molecule has 12 aromatic rings. The minimum Gasteiger partial charge on any atom is -0.309 e. The molecule has 0 aliphatic heterocycles. The van der Waals surface area contributed by atoms with Crippen LogP contribution in [0.5, 0.6) is 0 Å². The normalized spacial score (nSPS) is 11.8. The number of fused-ring (bicyclic) bond motifs is 8. The van der Waals surface area contributed by atoms with Gasteiger partial charge in [-0.15, -0.1) is 0 Å². The number of hydrogen-bond donors (Lipinski definition) is 0. The van der Waals surface area contributed by atoms with Crippen LogP contribution in [-0.2, 0) is 0 Å². The van der Waals surface area contributed by atoms with Gasteiger partial charge in [-0.1, -0.05) is 133 Å². The second kappa shape index (κ2) is 12.8. The predicted molar refractivity (Wildman–Crippen MR) is 240 cm³/mol. The van der Waals surface area contributed by atoms with Crippen LogP contribution in [0, 0.1) is 0 Å². The van der Waals surface area contributed by atoms with Gasteiger partial charge in [0, 0.05) is 49.6 Å². The lowest BCUT2D eigenvalue weighted by Crippen LogP contribution is -2.01. The number of rotatable bonds is 5. The molecule has 5 nitrogen and oxygen atoms in total. The topological polar surface area (TPSA) is 48.5 Å². The first kappa shape index (κ1) is 32.4. The minimum absolute atomic E-state index is 0.622. The molecule has 0 atom stereocenters. The van der Waals surface area contributed by atoms with E-state index in [4.69, 9.17) is 15.0 Å². The minimum atomic E-state index is 0.622. The third-order valence-electron chi connectivity index (χ3n) is 11.5. The van der Waals surface area contributed by atoms with Crippen LogP contribution in [0.2, 0.25) is 0 Å². The molecular weight excluding hydrogens is 707 g/mol. The summed E-state index contributed by atoms with van der Waals surface area (Å²) in [7, 11) is 0. The molecule has 0 aliphatic rings. The summed E-state index contributed by atoms with van der Waals surface area (Å²) in [5.41, 5.74) is 9.61. The highest BCUT2D eigenvalue weighted by atomic mass is 15.0. The van der Waals surface area contributed by atoms with E-state index in [1.807, 2.05) is 0 Å². The highest BCUT2D eigenvalue weighted by Crippen LogP contribution is 2.40. The molecule has 0 aliphatic carbocycles. The van der Waals surface area contributed by atoms with E-state index in [2.05, 4.69) is 209 Å². The third-order valence-corrected chi connectivity index (χ3v) is 11.5. The van der Waals surface area contributed by atoms with E-state index in [-0.39, 0.29) is 0 Å². The quantitative estimate of drug-likeness (QED) is 0.177. The van der Waals surface area contributed by atoms with E-state index in [0.29, 0.717) is 17.5 Å². The number of aromatic nitrogens is 5. The summed E-state index contributed by atoms with van der Waals surface area (Å²) >= 11 is 0. The van der Waals surface area contributed by atoms with Crippen molar-refractivity contribution >= 4 is 65.2 Å². The number of nitrogens with zero attached hydrogens (tertiary/aromatic N) is 5. The molecule has 0 saturated heterocycles. The summed E-state index contributed by atoms with van der Waals surface area (Å²) in [5, 5.41) is 9.42. The molecule has 0 amide bonds. The second-order valence-corrected chi connectivity index (χ2v) is 14.8. The fourth-order valence-electron chi connectivity index (χ4n) is 8.92. The van der Waals surface area contributed by atoms with Crippen LogP contribution in [0.25, 0.3) is 111 Å². The summed E-state index contributed by atoms with van der Waals surface area (Å²) in [5.74, 6) is 1.89. The van der Waals surface area contributed by atoms with E-state index in [1.165, 1.54) is 32.6 Å². The van der Waals surface area contributed by atoms with Crippen LogP contribution in [-0.4, -0.2) is 24.1 Å². The standard InChI is InChI=1S/C53H33N5/c1-2-18-38(19-3-1)57-47-26-11-9-22-43(47)50-44(24-13-27-48(50)57)53-55-51(54-52(56-53)42-23-12-17-34-14-6-7-20-40(34)42)35-28-30-39(31-29-35)58-46-25-10-8-21-41(46)45-32-36-15-4-5-16-37(36)33-49(45)58/h1-33H. The fourth-order valence-corrected chi connectivity index (χ4v) is 8.92. The molecule has 270 valence electrons. The van der Waals surface area contributed by atoms with Crippen LogP contribution >= 0.6 is 0 Å². The van der Waals surface area contributed by atoms with Crippen molar-refractivity contribution in [1.82, 2.24) is 24.1 Å². The maximum absolute atomic E-state index is 5.31. The first-order valence-electron chi connectivity index (χ1n) is 19.6. The van der Waals surface area contributed by atoms with Gasteiger partial charge in [0.15, 0.2) is 17.5 Å². The molecule has 0 saturated carbocycles. The zero-order valence-corrected chi connectivity index (χ0v) is 31.3. The number of benzene rings is 9. The predicted octanol–water partition coefficient (Wildman–Crippen LogP) is 13.4. The van der Waals surface area contributed by atoms with Gasteiger partial charge in [0.25, 0.3) is 0 Å². The largest absolute Gasteiger partial charge is 0.309 e. The van der Waals surface area contributed by atoms with Crippen LogP contribution in [0.1, 0.15) is 0 Å². The first-order chi connectivity index (χ1) is 28.8. The summed E-state index contributed by atoms with van der Waals surface area (Å²) < 4.78 is 4.70. The zero-order valence-electron chi connectivity index (χ0n) is 31.3. The van der Waals surface area contributed by atoms with Gasteiger partial charge in [-0.2, -0.15) is 0 Å². The van der Waals surface area contributed by atoms with Crippen molar-refractivity contribution in [2.24, 2.45) is 0 Å². The second-order valence-electron chi connectivity index (χ2n) is 14.8. The van der Waals surface area contributed by atoms with E-state index in [1.54, 1.807) is 0 Å². The first-order valence-corrected chi connectivity index (χ1v) is 19.6. The molecule has 0 unspecified atom stereocenters. The van der Waals surface area contributed by atoms with Crippen molar-refractivity contribution < 1.29 is 0 Å². The maximum Gasteiger partial charge on any atom is 0.164 e. The molecule has 58 heavy (non-hydrogen) atoms. The molecule has 0 radical (unpaired) electrons. The van der Waals surface area contributed by atoms with E-state index < -0.39 is 0 Å². The van der Waals surface area contributed by atoms with Crippen molar-refractivity contribution in [3.63, 3.8) is 0 Å². The van der Waals surface area contributed by atoms with Crippen LogP contribution in [0.4, 0.5) is 0 Å². The summed E-state index contributed by atoms with van der Waals surface area (Å²) in [4.78, 5) is 15.8. The van der Waals surface area contributed by atoms with Gasteiger partial charge in [0.05, 0.1) is 22.1 Å². The van der Waals surface area contributed by atoms with Gasteiger partial charge in [-0.25, -0.2) is 15.0 Å². The molecule has 5 heteroatoms. The Morgan fingerprint density at radius 2 is 0.810 bits per heavy atom. The Balaban J connectivity index is 1.07. The van der Waals surface area contributed by atoms with Crippen molar-refractivity contribution in [3.05, 3.63) is 200 Å². The van der Waals surface area contributed by atoms with Gasteiger partial charge in [0.2, 0.25) is 0 Å². The van der Waals surface area contributed by atoms with Crippen molar-refractivity contribution in [1.29, 1.82) is 0 Å². The Labute approximate surface area is 333 Å². The Morgan fingerprint density at radius 3 is 1.60 bits per heavy atom. The molecule has 12 rings (SSSR count). The molecule has 0 fully saturated rings. The molecule has 3 heterocycles. The average Bonchev–Trinajstić information content (AvgIpc) is 3.81. The van der Waals surface area contributed by atoms with Gasteiger partial charge < -0.3 is 9.13 Å². The molecule has 3 aromatic heterocycles. The molecule has 0 spiro atoms. The van der Waals surface area contributed by atoms with E-state index >= 15 is 0 Å². The molecule has 0 bridgehead atoms. The maximum atomic E-state index is 5.31. The van der Waals surface area contributed by atoms with Crippen LogP contribution in [0.15, 0.2) is 200 Å². The van der Waals surface area contributed by atoms with E-state index in [9.17, 15) is 0 Å². The zero-order chi connectivity index (χ0) is 38.2. The Kier molecular flexibility index (Phi) is 7.16. The van der Waals surface area contributed by atoms with E-state index in [0.717, 1.165) is 60.6 Å². The Morgan fingerprint density at radius 1 is 0.293 bits per heavy atom. The highest BCUT2D eigenvalue weighted by molar-refractivity contribution is 6.16. The number of hydrogen-bond acceptors (Lipinski definition) is 3. The Bertz CT molecular complexity index is 3560. The van der Waals surface area contributed by atoms with Gasteiger partial charge in [-0.05, 0) is 88.3 Å². The smallest absolute Gasteiger partial charge is 0.164 e. The molecule has 9 aromatic carbocycles. The molecular formula is C53H33N5. The van der Waals surface area contributed by atoms with Gasteiger partial charge >= 0.3 is 0 Å². The number of para-hydroxylation sites is 3. The van der Waals surface area contributed by atoms with Gasteiger partial charge in [-0.3, -0.25) is 0 Å². The lowest BCUT2D eigenvalue weighted by molar-refractivity contribution is 1.08.